The number of aliphatic hydroxyl groups excluding tert-OH is 1. The number of imide groups is 1. The van der Waals surface area contributed by atoms with E-state index in [1.807, 2.05) is 0 Å². The van der Waals surface area contributed by atoms with Crippen molar-refractivity contribution in [3.05, 3.63) is 40.8 Å². The zero-order chi connectivity index (χ0) is 14.9. The van der Waals surface area contributed by atoms with E-state index in [0.29, 0.717) is 16.8 Å². The fourth-order valence-electron chi connectivity index (χ4n) is 2.15. The molecule has 5 nitrogen and oxygen atoms in total. The van der Waals surface area contributed by atoms with E-state index in [1.165, 1.54) is 18.2 Å². The highest BCUT2D eigenvalue weighted by Gasteiger charge is 2.31. The quantitative estimate of drug-likeness (QED) is 0.809. The lowest BCUT2D eigenvalue weighted by Crippen LogP contribution is -2.34. The molecule has 0 aliphatic carbocycles. The molecule has 1 aliphatic heterocycles. The minimum absolute atomic E-state index is 0.0409. The predicted octanol–water partition coefficient (Wildman–Crippen LogP) is 1.10. The number of carbonyl (C=O) groups is 2. The third-order valence-electron chi connectivity index (χ3n) is 3.09. The standard InChI is InChI=1S/C14H15FN2O3/c1-8-5-10(15)6-9(2)13(8)16-11-7-12(19)17(3-4-18)14(11)20/h5-7,16,18H,3-4H2,1-2H3. The molecule has 0 radical (unpaired) electrons. The van der Waals surface area contributed by atoms with Crippen molar-refractivity contribution in [3.8, 4) is 0 Å². The fraction of sp³-hybridized carbons (Fsp3) is 0.286. The molecule has 0 bridgehead atoms. The first-order chi connectivity index (χ1) is 9.43. The molecule has 0 saturated carbocycles. The Kier molecular flexibility index (Phi) is 3.85. The van der Waals surface area contributed by atoms with Gasteiger partial charge in [0.05, 0.1) is 13.2 Å². The number of aryl methyl sites for hydroxylation is 2. The van der Waals surface area contributed by atoms with Gasteiger partial charge in [-0.1, -0.05) is 0 Å². The number of anilines is 1. The van der Waals surface area contributed by atoms with Crippen molar-refractivity contribution in [2.24, 2.45) is 0 Å². The maximum absolute atomic E-state index is 13.2. The molecule has 0 saturated heterocycles. The third kappa shape index (κ3) is 2.55. The second kappa shape index (κ2) is 5.42. The largest absolute Gasteiger partial charge is 0.395 e. The number of rotatable bonds is 4. The molecule has 6 heteroatoms. The molecule has 2 amide bonds. The van der Waals surface area contributed by atoms with Crippen LogP contribution in [0.2, 0.25) is 0 Å². The maximum Gasteiger partial charge on any atom is 0.277 e. The molecule has 1 aromatic rings. The van der Waals surface area contributed by atoms with Crippen LogP contribution in [0.25, 0.3) is 0 Å². The van der Waals surface area contributed by atoms with Gasteiger partial charge in [0.25, 0.3) is 11.8 Å². The number of nitrogens with zero attached hydrogens (tertiary/aromatic N) is 1. The smallest absolute Gasteiger partial charge is 0.277 e. The van der Waals surface area contributed by atoms with Crippen LogP contribution >= 0.6 is 0 Å². The van der Waals surface area contributed by atoms with E-state index in [0.717, 1.165) is 4.90 Å². The van der Waals surface area contributed by atoms with Gasteiger partial charge >= 0.3 is 0 Å². The molecule has 0 fully saturated rings. The van der Waals surface area contributed by atoms with Crippen molar-refractivity contribution >= 4 is 17.5 Å². The lowest BCUT2D eigenvalue weighted by molar-refractivity contribution is -0.137. The summed E-state index contributed by atoms with van der Waals surface area (Å²) in [5.41, 5.74) is 2.01. The van der Waals surface area contributed by atoms with Crippen molar-refractivity contribution in [1.82, 2.24) is 4.90 Å². The Hall–Kier alpha value is -2.21. The summed E-state index contributed by atoms with van der Waals surface area (Å²) in [4.78, 5) is 24.6. The number of halogens is 1. The molecule has 106 valence electrons. The van der Waals surface area contributed by atoms with Crippen molar-refractivity contribution in [2.75, 3.05) is 18.5 Å². The van der Waals surface area contributed by atoms with E-state index in [9.17, 15) is 14.0 Å². The lowest BCUT2D eigenvalue weighted by Gasteiger charge is -2.15. The van der Waals surface area contributed by atoms with Crippen LogP contribution < -0.4 is 5.32 Å². The summed E-state index contributed by atoms with van der Waals surface area (Å²) in [5, 5.41) is 11.7. The van der Waals surface area contributed by atoms with E-state index >= 15 is 0 Å². The SMILES string of the molecule is Cc1cc(F)cc(C)c1NC1=CC(=O)N(CCO)C1=O. The van der Waals surface area contributed by atoms with Crippen molar-refractivity contribution < 1.29 is 19.1 Å². The van der Waals surface area contributed by atoms with Crippen LogP contribution in [0.5, 0.6) is 0 Å². The summed E-state index contributed by atoms with van der Waals surface area (Å²) in [6.45, 7) is 3.10. The molecular formula is C14H15FN2O3. The van der Waals surface area contributed by atoms with Crippen molar-refractivity contribution in [1.29, 1.82) is 0 Å². The van der Waals surface area contributed by atoms with Gasteiger partial charge < -0.3 is 10.4 Å². The maximum atomic E-state index is 13.2. The number of hydrogen-bond acceptors (Lipinski definition) is 4. The van der Waals surface area contributed by atoms with Crippen LogP contribution in [0, 0.1) is 19.7 Å². The zero-order valence-corrected chi connectivity index (χ0v) is 11.2. The summed E-state index contributed by atoms with van der Waals surface area (Å²) >= 11 is 0. The normalized spacial score (nSPS) is 14.8. The van der Waals surface area contributed by atoms with Gasteiger partial charge in [0.1, 0.15) is 11.5 Å². The van der Waals surface area contributed by atoms with Gasteiger partial charge in [-0.3, -0.25) is 14.5 Å². The molecule has 2 rings (SSSR count). The number of nitrogens with one attached hydrogen (secondary N) is 1. The van der Waals surface area contributed by atoms with Gasteiger partial charge in [0, 0.05) is 11.8 Å². The Morgan fingerprint density at radius 2 is 1.85 bits per heavy atom. The average molecular weight is 278 g/mol. The van der Waals surface area contributed by atoms with Crippen LogP contribution in [-0.2, 0) is 9.59 Å². The first-order valence-corrected chi connectivity index (χ1v) is 6.16. The lowest BCUT2D eigenvalue weighted by atomic mass is 10.1. The zero-order valence-electron chi connectivity index (χ0n) is 11.2. The Balaban J connectivity index is 2.26. The number of aliphatic hydroxyl groups is 1. The number of hydrogen-bond donors (Lipinski definition) is 2. The highest BCUT2D eigenvalue weighted by Crippen LogP contribution is 2.25. The molecule has 20 heavy (non-hydrogen) atoms. The molecule has 1 heterocycles. The first-order valence-electron chi connectivity index (χ1n) is 6.16. The number of carbonyl (C=O) groups excluding carboxylic acids is 2. The Morgan fingerprint density at radius 1 is 1.25 bits per heavy atom. The fourth-order valence-corrected chi connectivity index (χ4v) is 2.15. The number of amides is 2. The van der Waals surface area contributed by atoms with E-state index in [-0.39, 0.29) is 24.7 Å². The van der Waals surface area contributed by atoms with Crippen LogP contribution in [0.15, 0.2) is 23.9 Å². The molecule has 2 N–H and O–H groups in total. The predicted molar refractivity (Wildman–Crippen MR) is 71.4 cm³/mol. The summed E-state index contributed by atoms with van der Waals surface area (Å²) in [5.74, 6) is -1.31. The van der Waals surface area contributed by atoms with Crippen molar-refractivity contribution in [3.63, 3.8) is 0 Å². The minimum atomic E-state index is -0.493. The Labute approximate surface area is 115 Å². The second-order valence-corrected chi connectivity index (χ2v) is 4.62. The summed E-state index contributed by atoms with van der Waals surface area (Å²) in [7, 11) is 0. The average Bonchev–Trinajstić information content (AvgIpc) is 2.62. The van der Waals surface area contributed by atoms with E-state index < -0.39 is 11.8 Å². The molecule has 0 atom stereocenters. The molecule has 0 spiro atoms. The van der Waals surface area contributed by atoms with E-state index in [4.69, 9.17) is 5.11 Å². The minimum Gasteiger partial charge on any atom is -0.395 e. The first kappa shape index (κ1) is 14.2. The second-order valence-electron chi connectivity index (χ2n) is 4.62. The summed E-state index contributed by atoms with van der Waals surface area (Å²) in [6, 6.07) is 2.70. The highest BCUT2D eigenvalue weighted by atomic mass is 19.1. The molecule has 1 aliphatic rings. The Bertz CT molecular complexity index is 587. The van der Waals surface area contributed by atoms with Crippen LogP contribution in [0.4, 0.5) is 10.1 Å². The number of β-amino-alcohol motifs (C(OH)–C–C–N with tert-alkyl or cyclic N) is 1. The van der Waals surface area contributed by atoms with Crippen LogP contribution in [0.1, 0.15) is 11.1 Å². The van der Waals surface area contributed by atoms with E-state index in [2.05, 4.69) is 5.32 Å². The Morgan fingerprint density at radius 3 is 2.40 bits per heavy atom. The van der Waals surface area contributed by atoms with Gasteiger partial charge in [-0.25, -0.2) is 4.39 Å². The van der Waals surface area contributed by atoms with Gasteiger partial charge in [-0.05, 0) is 37.1 Å². The van der Waals surface area contributed by atoms with Crippen molar-refractivity contribution in [2.45, 2.75) is 13.8 Å². The number of benzene rings is 1. The highest BCUT2D eigenvalue weighted by molar-refractivity contribution is 6.17. The van der Waals surface area contributed by atoms with Gasteiger partial charge in [-0.2, -0.15) is 0 Å². The molecule has 1 aromatic carbocycles. The van der Waals surface area contributed by atoms with E-state index in [1.54, 1.807) is 13.8 Å². The van der Waals surface area contributed by atoms with Gasteiger partial charge in [0.2, 0.25) is 0 Å². The topological polar surface area (TPSA) is 69.6 Å². The molecule has 0 unspecified atom stereocenters. The van der Waals surface area contributed by atoms with Gasteiger partial charge in [0.15, 0.2) is 0 Å². The monoisotopic (exact) mass is 278 g/mol. The van der Waals surface area contributed by atoms with Crippen LogP contribution in [0.3, 0.4) is 0 Å². The summed E-state index contributed by atoms with van der Waals surface area (Å²) in [6.07, 6.45) is 1.18. The third-order valence-corrected chi connectivity index (χ3v) is 3.09. The van der Waals surface area contributed by atoms with Crippen LogP contribution in [-0.4, -0.2) is 35.0 Å². The molecule has 0 aromatic heterocycles. The van der Waals surface area contributed by atoms with Gasteiger partial charge in [-0.15, -0.1) is 0 Å². The molecular weight excluding hydrogens is 263 g/mol. The summed E-state index contributed by atoms with van der Waals surface area (Å²) < 4.78 is 13.2.